The van der Waals surface area contributed by atoms with Crippen molar-refractivity contribution in [1.29, 1.82) is 0 Å². The molecule has 6 heteroatoms. The molecule has 3 aromatic rings. The van der Waals surface area contributed by atoms with Crippen LogP contribution in [0.2, 0.25) is 0 Å². The number of nitrogens with one attached hydrogen (secondary N) is 1. The topological polar surface area (TPSA) is 65.4 Å². The van der Waals surface area contributed by atoms with Gasteiger partial charge in [0.05, 0.1) is 18.8 Å². The van der Waals surface area contributed by atoms with Gasteiger partial charge in [-0.05, 0) is 30.5 Å². The minimum atomic E-state index is -0.132. The highest BCUT2D eigenvalue weighted by molar-refractivity contribution is 5.93. The van der Waals surface area contributed by atoms with Crippen LogP contribution in [0.15, 0.2) is 48.7 Å². The Labute approximate surface area is 158 Å². The highest BCUT2D eigenvalue weighted by atomic mass is 16.5. The summed E-state index contributed by atoms with van der Waals surface area (Å²) in [7, 11) is 0. The smallest absolute Gasteiger partial charge is 0.252 e. The van der Waals surface area contributed by atoms with Gasteiger partial charge in [0.15, 0.2) is 0 Å². The first-order valence-electron chi connectivity index (χ1n) is 9.24. The van der Waals surface area contributed by atoms with E-state index in [2.05, 4.69) is 40.0 Å². The molecule has 0 saturated carbocycles. The van der Waals surface area contributed by atoms with Crippen molar-refractivity contribution in [2.45, 2.75) is 26.0 Å². The zero-order chi connectivity index (χ0) is 18.6. The Hall–Kier alpha value is -2.86. The van der Waals surface area contributed by atoms with Crippen molar-refractivity contribution in [3.63, 3.8) is 0 Å². The lowest BCUT2D eigenvalue weighted by Crippen LogP contribution is -2.27. The van der Waals surface area contributed by atoms with Gasteiger partial charge in [0.2, 0.25) is 5.88 Å². The predicted molar refractivity (Wildman–Crippen MR) is 103 cm³/mol. The van der Waals surface area contributed by atoms with Crippen LogP contribution in [-0.4, -0.2) is 41.3 Å². The van der Waals surface area contributed by atoms with Crippen molar-refractivity contribution in [1.82, 2.24) is 14.9 Å². The number of para-hydroxylation sites is 1. The first-order chi connectivity index (χ1) is 13.2. The zero-order valence-corrected chi connectivity index (χ0v) is 15.4. The SMILES string of the molecule is Cc1cc2ccccc2n1CCNC(=O)c1ccc(OC2CCOC2)nc1. The number of carbonyl (C=O) groups excluding carboxylic acids is 1. The molecule has 140 valence electrons. The average Bonchev–Trinajstić information content (AvgIpc) is 3.30. The summed E-state index contributed by atoms with van der Waals surface area (Å²) in [6.07, 6.45) is 2.48. The highest BCUT2D eigenvalue weighted by Crippen LogP contribution is 2.19. The van der Waals surface area contributed by atoms with Gasteiger partial charge >= 0.3 is 0 Å². The summed E-state index contributed by atoms with van der Waals surface area (Å²) in [5, 5.41) is 4.18. The van der Waals surface area contributed by atoms with Gasteiger partial charge in [0.1, 0.15) is 6.10 Å². The van der Waals surface area contributed by atoms with E-state index in [1.54, 1.807) is 18.3 Å². The number of fused-ring (bicyclic) bond motifs is 1. The van der Waals surface area contributed by atoms with E-state index < -0.39 is 0 Å². The summed E-state index contributed by atoms with van der Waals surface area (Å²) in [6.45, 7) is 4.68. The number of ether oxygens (including phenoxy) is 2. The molecule has 0 spiro atoms. The molecule has 1 aliphatic heterocycles. The van der Waals surface area contributed by atoms with Crippen LogP contribution in [0.1, 0.15) is 22.5 Å². The molecule has 4 rings (SSSR count). The maximum atomic E-state index is 12.4. The quantitative estimate of drug-likeness (QED) is 0.729. The number of carbonyl (C=O) groups is 1. The summed E-state index contributed by atoms with van der Waals surface area (Å²) in [5.41, 5.74) is 2.90. The lowest BCUT2D eigenvalue weighted by molar-refractivity contribution is 0.0951. The number of pyridine rings is 1. The van der Waals surface area contributed by atoms with Crippen LogP contribution in [0.4, 0.5) is 0 Å². The first kappa shape index (κ1) is 17.5. The Balaban J connectivity index is 1.33. The molecule has 1 aromatic carbocycles. The third-order valence-corrected chi connectivity index (χ3v) is 4.81. The van der Waals surface area contributed by atoms with Crippen LogP contribution in [0.5, 0.6) is 5.88 Å². The predicted octanol–water partition coefficient (Wildman–Crippen LogP) is 2.94. The van der Waals surface area contributed by atoms with Gasteiger partial charge in [0, 0.05) is 43.0 Å². The Bertz CT molecular complexity index is 927. The zero-order valence-electron chi connectivity index (χ0n) is 15.4. The maximum absolute atomic E-state index is 12.4. The Morgan fingerprint density at radius 3 is 3.00 bits per heavy atom. The summed E-state index contributed by atoms with van der Waals surface area (Å²) in [5.74, 6) is 0.392. The van der Waals surface area contributed by atoms with Gasteiger partial charge in [-0.2, -0.15) is 0 Å². The van der Waals surface area contributed by atoms with Crippen LogP contribution >= 0.6 is 0 Å². The fraction of sp³-hybridized carbons (Fsp3) is 0.333. The molecule has 0 bridgehead atoms. The maximum Gasteiger partial charge on any atom is 0.252 e. The van der Waals surface area contributed by atoms with Crippen molar-refractivity contribution in [2.24, 2.45) is 0 Å². The molecule has 3 heterocycles. The van der Waals surface area contributed by atoms with Crippen molar-refractivity contribution >= 4 is 16.8 Å². The van der Waals surface area contributed by atoms with Crippen LogP contribution < -0.4 is 10.1 Å². The largest absolute Gasteiger partial charge is 0.472 e. The summed E-state index contributed by atoms with van der Waals surface area (Å²) in [4.78, 5) is 16.6. The molecule has 27 heavy (non-hydrogen) atoms. The van der Waals surface area contributed by atoms with E-state index in [0.717, 1.165) is 19.6 Å². The number of hydrogen-bond donors (Lipinski definition) is 1. The lowest BCUT2D eigenvalue weighted by Gasteiger charge is -2.11. The monoisotopic (exact) mass is 365 g/mol. The van der Waals surface area contributed by atoms with Crippen LogP contribution in [0, 0.1) is 6.92 Å². The number of aromatic nitrogens is 2. The Morgan fingerprint density at radius 1 is 1.33 bits per heavy atom. The number of aryl methyl sites for hydroxylation is 1. The average molecular weight is 365 g/mol. The molecule has 1 atom stereocenters. The van der Waals surface area contributed by atoms with E-state index in [4.69, 9.17) is 9.47 Å². The molecule has 6 nitrogen and oxygen atoms in total. The number of amides is 1. The third kappa shape index (κ3) is 3.95. The van der Waals surface area contributed by atoms with Gasteiger partial charge in [0.25, 0.3) is 5.91 Å². The van der Waals surface area contributed by atoms with Gasteiger partial charge in [-0.1, -0.05) is 18.2 Å². The highest BCUT2D eigenvalue weighted by Gasteiger charge is 2.17. The molecule has 1 fully saturated rings. The van der Waals surface area contributed by atoms with E-state index in [1.165, 1.54) is 16.6 Å². The fourth-order valence-electron chi connectivity index (χ4n) is 3.39. The standard InChI is InChI=1S/C21H23N3O3/c1-15-12-16-4-2-3-5-19(16)24(15)10-9-22-21(25)17-6-7-20(23-13-17)27-18-8-11-26-14-18/h2-7,12-13,18H,8-11,14H2,1H3,(H,22,25). The second kappa shape index (κ2) is 7.80. The number of rotatable bonds is 6. The van der Waals surface area contributed by atoms with E-state index >= 15 is 0 Å². The van der Waals surface area contributed by atoms with Crippen LogP contribution in [-0.2, 0) is 11.3 Å². The van der Waals surface area contributed by atoms with Crippen molar-refractivity contribution < 1.29 is 14.3 Å². The first-order valence-corrected chi connectivity index (χ1v) is 9.24. The van der Waals surface area contributed by atoms with Gasteiger partial charge < -0.3 is 19.4 Å². The van der Waals surface area contributed by atoms with Crippen LogP contribution in [0.25, 0.3) is 10.9 Å². The third-order valence-electron chi connectivity index (χ3n) is 4.81. The molecule has 1 amide bonds. The van der Waals surface area contributed by atoms with E-state index in [-0.39, 0.29) is 12.0 Å². The molecule has 1 N–H and O–H groups in total. The molecular formula is C21H23N3O3. The normalized spacial score (nSPS) is 16.6. The number of hydrogen-bond acceptors (Lipinski definition) is 4. The lowest BCUT2D eigenvalue weighted by atomic mass is 10.2. The van der Waals surface area contributed by atoms with E-state index in [1.807, 2.05) is 12.1 Å². The van der Waals surface area contributed by atoms with Crippen LogP contribution in [0.3, 0.4) is 0 Å². The second-order valence-electron chi connectivity index (χ2n) is 6.74. The van der Waals surface area contributed by atoms with E-state index in [0.29, 0.717) is 24.6 Å². The summed E-state index contributed by atoms with van der Waals surface area (Å²) < 4.78 is 13.2. The molecule has 2 aromatic heterocycles. The Morgan fingerprint density at radius 2 is 2.22 bits per heavy atom. The fourth-order valence-corrected chi connectivity index (χ4v) is 3.39. The molecular weight excluding hydrogens is 342 g/mol. The van der Waals surface area contributed by atoms with Crippen molar-refractivity contribution in [3.05, 3.63) is 59.9 Å². The van der Waals surface area contributed by atoms with Crippen molar-refractivity contribution in [2.75, 3.05) is 19.8 Å². The molecule has 1 saturated heterocycles. The molecule has 1 aliphatic rings. The van der Waals surface area contributed by atoms with E-state index in [9.17, 15) is 4.79 Å². The number of nitrogens with zero attached hydrogens (tertiary/aromatic N) is 2. The molecule has 0 radical (unpaired) electrons. The minimum absolute atomic E-state index is 0.0526. The summed E-state index contributed by atoms with van der Waals surface area (Å²) >= 11 is 0. The van der Waals surface area contributed by atoms with Gasteiger partial charge in [-0.15, -0.1) is 0 Å². The molecule has 1 unspecified atom stereocenters. The minimum Gasteiger partial charge on any atom is -0.472 e. The summed E-state index contributed by atoms with van der Waals surface area (Å²) in [6, 6.07) is 13.9. The second-order valence-corrected chi connectivity index (χ2v) is 6.74. The molecule has 0 aliphatic carbocycles. The van der Waals surface area contributed by atoms with Gasteiger partial charge in [-0.3, -0.25) is 4.79 Å². The number of benzene rings is 1. The van der Waals surface area contributed by atoms with Crippen molar-refractivity contribution in [3.8, 4) is 5.88 Å². The Kier molecular flexibility index (Phi) is 5.07. The van der Waals surface area contributed by atoms with Gasteiger partial charge in [-0.25, -0.2) is 4.98 Å².